The number of benzene rings is 4. The van der Waals surface area contributed by atoms with Crippen LogP contribution in [0.15, 0.2) is 88.9 Å². The normalized spacial score (nSPS) is 11.6. The molecule has 0 unspecified atom stereocenters. The van der Waals surface area contributed by atoms with E-state index in [1.165, 1.54) is 36.5 Å². The van der Waals surface area contributed by atoms with Gasteiger partial charge in [-0.2, -0.15) is 13.5 Å². The highest BCUT2D eigenvalue weighted by Gasteiger charge is 2.17. The first kappa shape index (κ1) is 23.8. The third-order valence-electron chi connectivity index (χ3n) is 4.98. The summed E-state index contributed by atoms with van der Waals surface area (Å²) in [7, 11) is -3.87. The molecule has 4 aromatic rings. The fraction of sp³-hybridized carbons (Fsp3) is 0.0400. The number of hydrogen-bond donors (Lipinski definition) is 1. The molecule has 0 atom stereocenters. The molecular weight excluding hydrogens is 495 g/mol. The first-order valence-corrected chi connectivity index (χ1v) is 12.3. The lowest BCUT2D eigenvalue weighted by atomic mass is 10.0. The molecule has 0 aromatic heterocycles. The lowest BCUT2D eigenvalue weighted by molar-refractivity contribution is 0.0735. The molecule has 0 heterocycles. The molecule has 0 aliphatic rings. The summed E-state index contributed by atoms with van der Waals surface area (Å²) in [5.41, 5.74) is 1.50. The highest BCUT2D eigenvalue weighted by Crippen LogP contribution is 2.29. The van der Waals surface area contributed by atoms with Crippen molar-refractivity contribution < 1.29 is 17.9 Å². The zero-order valence-electron chi connectivity index (χ0n) is 17.8. The van der Waals surface area contributed by atoms with Crippen LogP contribution in [0.5, 0.6) is 5.75 Å². The highest BCUT2D eigenvalue weighted by atomic mass is 35.5. The predicted molar refractivity (Wildman–Crippen MR) is 134 cm³/mol. The van der Waals surface area contributed by atoms with Gasteiger partial charge in [-0.1, -0.05) is 71.2 Å². The van der Waals surface area contributed by atoms with Crippen molar-refractivity contribution in [2.45, 2.75) is 11.8 Å². The molecule has 172 valence electrons. The number of sulfonamides is 1. The second-order valence-electron chi connectivity index (χ2n) is 7.38. The van der Waals surface area contributed by atoms with Gasteiger partial charge in [-0.3, -0.25) is 0 Å². The summed E-state index contributed by atoms with van der Waals surface area (Å²) in [6, 6.07) is 21.6. The van der Waals surface area contributed by atoms with Crippen LogP contribution in [0.1, 0.15) is 21.5 Å². The molecular formula is C25H18Cl2N2O4S. The van der Waals surface area contributed by atoms with Crippen molar-refractivity contribution in [2.75, 3.05) is 0 Å². The van der Waals surface area contributed by atoms with Crippen molar-refractivity contribution in [1.29, 1.82) is 0 Å². The van der Waals surface area contributed by atoms with E-state index < -0.39 is 16.0 Å². The Hall–Kier alpha value is -3.39. The van der Waals surface area contributed by atoms with E-state index in [1.807, 2.05) is 31.2 Å². The van der Waals surface area contributed by atoms with Gasteiger partial charge in [0.05, 0.1) is 21.7 Å². The predicted octanol–water partition coefficient (Wildman–Crippen LogP) is 5.99. The van der Waals surface area contributed by atoms with Gasteiger partial charge in [0, 0.05) is 10.6 Å². The first-order valence-electron chi connectivity index (χ1n) is 10.0. The maximum absolute atomic E-state index is 12.8. The summed E-state index contributed by atoms with van der Waals surface area (Å²) in [6.07, 6.45) is 1.31. The van der Waals surface area contributed by atoms with Crippen LogP contribution in [-0.2, 0) is 10.0 Å². The number of hydrogen-bond acceptors (Lipinski definition) is 5. The van der Waals surface area contributed by atoms with Gasteiger partial charge in [-0.25, -0.2) is 9.63 Å². The molecule has 0 spiro atoms. The smallest absolute Gasteiger partial charge is 0.345 e. The van der Waals surface area contributed by atoms with E-state index in [0.717, 1.165) is 10.9 Å². The minimum absolute atomic E-state index is 0.0807. The number of hydrazone groups is 1. The Labute approximate surface area is 206 Å². The van der Waals surface area contributed by atoms with E-state index in [2.05, 4.69) is 9.93 Å². The summed E-state index contributed by atoms with van der Waals surface area (Å²) >= 11 is 12.0. The fourth-order valence-corrected chi connectivity index (χ4v) is 4.51. The minimum atomic E-state index is -3.87. The SMILES string of the molecule is Cc1ccc(S(=O)(=O)N/N=C/c2c(OC(=O)c3ccc(Cl)cc3Cl)ccc3ccccc23)cc1. The van der Waals surface area contributed by atoms with Crippen molar-refractivity contribution in [1.82, 2.24) is 4.83 Å². The summed E-state index contributed by atoms with van der Waals surface area (Å²) < 4.78 is 30.8. The summed E-state index contributed by atoms with van der Waals surface area (Å²) in [5.74, 6) is -0.500. The largest absolute Gasteiger partial charge is 0.422 e. The molecule has 4 rings (SSSR count). The Bertz CT molecular complexity index is 1520. The average Bonchev–Trinajstić information content (AvgIpc) is 2.80. The van der Waals surface area contributed by atoms with E-state index in [0.29, 0.717) is 16.0 Å². The standard InChI is InChI=1S/C25H18Cl2N2O4S/c1-16-6-10-19(11-7-16)34(31,32)29-28-15-22-20-5-3-2-4-17(20)8-13-24(22)33-25(30)21-12-9-18(26)14-23(21)27/h2-15,29H,1H3/b28-15+. The van der Waals surface area contributed by atoms with Crippen LogP contribution in [0.4, 0.5) is 0 Å². The van der Waals surface area contributed by atoms with Crippen molar-refractivity contribution in [2.24, 2.45) is 5.10 Å². The number of fused-ring (bicyclic) bond motifs is 1. The molecule has 0 aliphatic carbocycles. The maximum Gasteiger partial charge on any atom is 0.345 e. The van der Waals surface area contributed by atoms with E-state index in [9.17, 15) is 13.2 Å². The highest BCUT2D eigenvalue weighted by molar-refractivity contribution is 7.89. The minimum Gasteiger partial charge on any atom is -0.422 e. The van der Waals surface area contributed by atoms with Crippen molar-refractivity contribution in [3.8, 4) is 5.75 Å². The molecule has 9 heteroatoms. The number of aryl methyl sites for hydroxylation is 1. The second kappa shape index (κ2) is 9.85. The van der Waals surface area contributed by atoms with E-state index in [4.69, 9.17) is 27.9 Å². The van der Waals surface area contributed by atoms with Gasteiger partial charge in [0.2, 0.25) is 0 Å². The molecule has 6 nitrogen and oxygen atoms in total. The Morgan fingerprint density at radius 2 is 1.71 bits per heavy atom. The van der Waals surface area contributed by atoms with Gasteiger partial charge in [-0.05, 0) is 54.1 Å². The van der Waals surface area contributed by atoms with Gasteiger partial charge in [-0.15, -0.1) is 0 Å². The molecule has 0 aliphatic heterocycles. The van der Waals surface area contributed by atoms with Crippen LogP contribution in [0.3, 0.4) is 0 Å². The Kier molecular flexibility index (Phi) is 6.88. The van der Waals surface area contributed by atoms with Crippen LogP contribution >= 0.6 is 23.2 Å². The molecule has 34 heavy (non-hydrogen) atoms. The van der Waals surface area contributed by atoms with Gasteiger partial charge in [0.25, 0.3) is 10.0 Å². The molecule has 4 aromatic carbocycles. The van der Waals surface area contributed by atoms with Gasteiger partial charge < -0.3 is 4.74 Å². The third-order valence-corrected chi connectivity index (χ3v) is 6.77. The third kappa shape index (κ3) is 5.22. The lowest BCUT2D eigenvalue weighted by Crippen LogP contribution is -2.18. The second-order valence-corrected chi connectivity index (χ2v) is 9.88. The average molecular weight is 513 g/mol. The zero-order chi connectivity index (χ0) is 24.3. The Morgan fingerprint density at radius 1 is 0.971 bits per heavy atom. The number of nitrogens with zero attached hydrogens (tertiary/aromatic N) is 1. The number of carbonyl (C=O) groups excluding carboxylic acids is 1. The van der Waals surface area contributed by atoms with E-state index in [-0.39, 0.29) is 21.2 Å². The van der Waals surface area contributed by atoms with Crippen LogP contribution in [-0.4, -0.2) is 20.6 Å². The summed E-state index contributed by atoms with van der Waals surface area (Å²) in [4.78, 5) is 15.1. The molecule has 0 bridgehead atoms. The van der Waals surface area contributed by atoms with Gasteiger partial charge >= 0.3 is 5.97 Å². The van der Waals surface area contributed by atoms with E-state index in [1.54, 1.807) is 24.3 Å². The quantitative estimate of drug-likeness (QED) is 0.149. The molecule has 0 saturated carbocycles. The van der Waals surface area contributed by atoms with Crippen LogP contribution in [0.2, 0.25) is 10.0 Å². The summed E-state index contributed by atoms with van der Waals surface area (Å²) in [6.45, 7) is 1.86. The van der Waals surface area contributed by atoms with Crippen molar-refractivity contribution >= 4 is 56.2 Å². The first-order chi connectivity index (χ1) is 16.2. The van der Waals surface area contributed by atoms with Crippen molar-refractivity contribution in [3.05, 3.63) is 106 Å². The van der Waals surface area contributed by atoms with Gasteiger partial charge in [0.15, 0.2) is 0 Å². The number of nitrogens with one attached hydrogen (secondary N) is 1. The number of rotatable bonds is 6. The number of halogens is 2. The summed E-state index contributed by atoms with van der Waals surface area (Å²) in [5, 5.41) is 6.05. The number of ether oxygens (including phenoxy) is 1. The van der Waals surface area contributed by atoms with E-state index >= 15 is 0 Å². The monoisotopic (exact) mass is 512 g/mol. The van der Waals surface area contributed by atoms with Crippen LogP contribution < -0.4 is 9.57 Å². The Balaban J connectivity index is 1.67. The van der Waals surface area contributed by atoms with Crippen molar-refractivity contribution in [3.63, 3.8) is 0 Å². The zero-order valence-corrected chi connectivity index (χ0v) is 20.2. The number of carbonyl (C=O) groups is 1. The fourth-order valence-electron chi connectivity index (χ4n) is 3.24. The van der Waals surface area contributed by atoms with Crippen LogP contribution in [0.25, 0.3) is 10.8 Å². The topological polar surface area (TPSA) is 84.8 Å². The molecule has 0 fully saturated rings. The lowest BCUT2D eigenvalue weighted by Gasteiger charge is -2.11. The molecule has 1 N–H and O–H groups in total. The number of esters is 1. The molecule has 0 amide bonds. The van der Waals surface area contributed by atoms with Crippen LogP contribution in [0, 0.1) is 6.92 Å². The maximum atomic E-state index is 12.8. The molecule has 0 radical (unpaired) electrons. The Morgan fingerprint density at radius 3 is 2.44 bits per heavy atom. The van der Waals surface area contributed by atoms with Gasteiger partial charge in [0.1, 0.15) is 5.75 Å². The molecule has 0 saturated heterocycles.